The van der Waals surface area contributed by atoms with Crippen LogP contribution < -0.4 is 5.32 Å². The van der Waals surface area contributed by atoms with Crippen LogP contribution in [0.25, 0.3) is 0 Å². The van der Waals surface area contributed by atoms with Gasteiger partial charge in [-0.25, -0.2) is 0 Å². The third-order valence-electron chi connectivity index (χ3n) is 14.3. The molecule has 3 saturated heterocycles. The average molecular weight is 1040 g/mol. The lowest BCUT2D eigenvalue weighted by Gasteiger charge is -2.48. The van der Waals surface area contributed by atoms with Gasteiger partial charge in [-0.15, -0.1) is 0 Å². The van der Waals surface area contributed by atoms with E-state index < -0.39 is 124 Å². The maximum absolute atomic E-state index is 12.6. The highest BCUT2D eigenvalue weighted by Gasteiger charge is 2.53. The summed E-state index contributed by atoms with van der Waals surface area (Å²) in [6.45, 7) is 1.34. The predicted molar refractivity (Wildman–Crippen MR) is 268 cm³/mol. The van der Waals surface area contributed by atoms with Crippen molar-refractivity contribution in [1.29, 1.82) is 0 Å². The Bertz CT molecular complexity index is 1380. The number of hydrogen-bond acceptors (Lipinski definition) is 18. The molecule has 3 rings (SSSR count). The fourth-order valence-electron chi connectivity index (χ4n) is 9.71. The van der Waals surface area contributed by atoms with E-state index >= 15 is 0 Å². The lowest BCUT2D eigenvalue weighted by Crippen LogP contribution is -2.66. The van der Waals surface area contributed by atoms with E-state index in [1.54, 1.807) is 6.08 Å². The van der Waals surface area contributed by atoms with Crippen molar-refractivity contribution in [3.05, 3.63) is 12.2 Å². The van der Waals surface area contributed by atoms with Crippen molar-refractivity contribution in [2.45, 2.75) is 291 Å². The van der Waals surface area contributed by atoms with Gasteiger partial charge in [-0.1, -0.05) is 174 Å². The molecule has 1 amide bonds. The summed E-state index contributed by atoms with van der Waals surface area (Å²) < 4.78 is 33.9. The second kappa shape index (κ2) is 38.1. The van der Waals surface area contributed by atoms with Crippen LogP contribution in [-0.2, 0) is 33.2 Å². The van der Waals surface area contributed by atoms with Gasteiger partial charge in [0.05, 0.1) is 38.6 Å². The smallest absolute Gasteiger partial charge is 0.220 e. The molecule has 3 fully saturated rings. The van der Waals surface area contributed by atoms with Gasteiger partial charge in [0.1, 0.15) is 73.2 Å². The molecule has 17 unspecified atom stereocenters. The van der Waals surface area contributed by atoms with Crippen LogP contribution in [0.2, 0.25) is 0 Å². The van der Waals surface area contributed by atoms with E-state index in [0.717, 1.165) is 25.7 Å². The number of unbranched alkanes of at least 4 members (excludes halogenated alkanes) is 24. The van der Waals surface area contributed by atoms with Crippen LogP contribution in [0, 0.1) is 0 Å². The monoisotopic (exact) mass is 1040 g/mol. The van der Waals surface area contributed by atoms with Crippen LogP contribution in [0.1, 0.15) is 187 Å². The molecule has 0 aromatic heterocycles. The highest BCUT2D eigenvalue weighted by atomic mass is 16.8. The Morgan fingerprint density at radius 2 is 0.861 bits per heavy atom. The first-order valence-corrected chi connectivity index (χ1v) is 27.9. The normalized spacial score (nSPS) is 32.0. The minimum atomic E-state index is -1.97. The van der Waals surface area contributed by atoms with Crippen LogP contribution in [0.3, 0.4) is 0 Å². The number of ether oxygens (including phenoxy) is 6. The van der Waals surface area contributed by atoms with Crippen LogP contribution in [0.5, 0.6) is 0 Å². The second-order valence-corrected chi connectivity index (χ2v) is 20.4. The largest absolute Gasteiger partial charge is 0.394 e. The number of carbonyl (C=O) groups is 1. The molecule has 0 radical (unpaired) electrons. The van der Waals surface area contributed by atoms with Gasteiger partial charge in [0.25, 0.3) is 0 Å². The maximum atomic E-state index is 12.6. The van der Waals surface area contributed by atoms with Gasteiger partial charge >= 0.3 is 0 Å². The number of rotatable bonds is 40. The summed E-state index contributed by atoms with van der Waals surface area (Å²) in [6.07, 6.45) is 10.1. The molecule has 0 saturated carbocycles. The molecule has 19 heteroatoms. The van der Waals surface area contributed by atoms with E-state index in [9.17, 15) is 61.0 Å². The third kappa shape index (κ3) is 23.0. The number of aliphatic hydroxyl groups is 11. The van der Waals surface area contributed by atoms with E-state index in [2.05, 4.69) is 12.2 Å². The molecule has 0 bridgehead atoms. The summed E-state index contributed by atoms with van der Waals surface area (Å²) in [6, 6.07) is -0.963. The molecule has 3 heterocycles. The number of aliphatic hydroxyl groups excluding tert-OH is 11. The Morgan fingerprint density at radius 3 is 1.28 bits per heavy atom. The van der Waals surface area contributed by atoms with Gasteiger partial charge in [-0.05, 0) is 19.3 Å². The number of nitrogens with one attached hydrogen (secondary N) is 1. The Kier molecular flexibility index (Phi) is 34.3. The quantitative estimate of drug-likeness (QED) is 0.0309. The Hall–Kier alpha value is -1.47. The van der Waals surface area contributed by atoms with Crippen LogP contribution in [0.15, 0.2) is 12.2 Å². The average Bonchev–Trinajstić information content (AvgIpc) is 3.37. The summed E-state index contributed by atoms with van der Waals surface area (Å²) in [5, 5.41) is 119. The Labute approximate surface area is 429 Å². The number of hydrogen-bond donors (Lipinski definition) is 12. The third-order valence-corrected chi connectivity index (χ3v) is 14.3. The molecular formula is C53H99NO18. The molecule has 0 aromatic carbocycles. The molecule has 424 valence electrons. The summed E-state index contributed by atoms with van der Waals surface area (Å²) in [5.41, 5.74) is 0. The number of allylic oxidation sites excluding steroid dienone is 1. The fourth-order valence-corrected chi connectivity index (χ4v) is 9.71. The van der Waals surface area contributed by atoms with Crippen LogP contribution >= 0.6 is 0 Å². The SMILES string of the molecule is CCCCCCCCCCCCCCCCCCCCCCCCCC/C=C/C(O)C(COC1OC(CO)C(OC2OC(CO)C(OC3OC(CO)C(O)C(O)C3O)C(O)C2O)C(O)C1O)NC(=O)CCC. The molecule has 0 aromatic rings. The van der Waals surface area contributed by atoms with Crippen LogP contribution in [0.4, 0.5) is 0 Å². The zero-order valence-corrected chi connectivity index (χ0v) is 43.7. The highest BCUT2D eigenvalue weighted by molar-refractivity contribution is 5.76. The van der Waals surface area contributed by atoms with Gasteiger partial charge in [-0.3, -0.25) is 4.79 Å². The van der Waals surface area contributed by atoms with Gasteiger partial charge < -0.3 is 89.9 Å². The molecule has 3 aliphatic rings. The Morgan fingerprint density at radius 1 is 0.486 bits per heavy atom. The lowest BCUT2D eigenvalue weighted by molar-refractivity contribution is -0.379. The minimum absolute atomic E-state index is 0.195. The van der Waals surface area contributed by atoms with Crippen molar-refractivity contribution in [2.75, 3.05) is 26.4 Å². The molecule has 3 aliphatic heterocycles. The zero-order valence-electron chi connectivity index (χ0n) is 43.7. The fraction of sp³-hybridized carbons (Fsp3) is 0.943. The van der Waals surface area contributed by atoms with Crippen molar-refractivity contribution in [1.82, 2.24) is 5.32 Å². The second-order valence-electron chi connectivity index (χ2n) is 20.4. The van der Waals surface area contributed by atoms with Gasteiger partial charge in [0.2, 0.25) is 5.91 Å². The van der Waals surface area contributed by atoms with Crippen molar-refractivity contribution in [3.63, 3.8) is 0 Å². The lowest BCUT2D eigenvalue weighted by atomic mass is 9.96. The van der Waals surface area contributed by atoms with Gasteiger partial charge in [-0.2, -0.15) is 0 Å². The van der Waals surface area contributed by atoms with E-state index in [4.69, 9.17) is 28.4 Å². The molecule has 19 nitrogen and oxygen atoms in total. The molecular weight excluding hydrogens is 939 g/mol. The van der Waals surface area contributed by atoms with Crippen molar-refractivity contribution in [3.8, 4) is 0 Å². The standard InChI is InChI=1S/C53H99NO18/c1-3-5-6-7-8-9-10-11-12-13-14-15-16-17-18-19-20-21-22-23-24-25-26-27-28-29-31-37(58)36(54-41(59)30-4-2)35-67-51-47(65)44(62)49(39(33-56)69-51)72-53-48(66)45(63)50(40(34-57)70-53)71-52-46(64)43(61)42(60)38(32-55)68-52/h29,31,36-40,42-53,55-58,60-66H,3-28,30,32-35H2,1-2H3,(H,54,59)/b31-29+. The topological polar surface area (TPSA) is 307 Å². The van der Waals surface area contributed by atoms with E-state index in [-0.39, 0.29) is 18.9 Å². The molecule has 12 N–H and O–H groups in total. The van der Waals surface area contributed by atoms with E-state index in [0.29, 0.717) is 6.42 Å². The summed E-state index contributed by atoms with van der Waals surface area (Å²) >= 11 is 0. The first kappa shape index (κ1) is 64.8. The van der Waals surface area contributed by atoms with E-state index in [1.165, 1.54) is 135 Å². The summed E-state index contributed by atoms with van der Waals surface area (Å²) in [5.74, 6) is -0.328. The van der Waals surface area contributed by atoms with Crippen molar-refractivity contribution >= 4 is 5.91 Å². The molecule has 0 aliphatic carbocycles. The first-order valence-electron chi connectivity index (χ1n) is 27.9. The summed E-state index contributed by atoms with van der Waals surface area (Å²) in [4.78, 5) is 12.6. The molecule has 0 spiro atoms. The van der Waals surface area contributed by atoms with Crippen LogP contribution in [-0.4, -0.2) is 193 Å². The first-order chi connectivity index (χ1) is 34.8. The van der Waals surface area contributed by atoms with Crippen molar-refractivity contribution < 1.29 is 89.4 Å². The van der Waals surface area contributed by atoms with Crippen molar-refractivity contribution in [2.24, 2.45) is 0 Å². The number of carbonyl (C=O) groups excluding carboxylic acids is 1. The highest BCUT2D eigenvalue weighted by Crippen LogP contribution is 2.33. The van der Waals surface area contributed by atoms with Gasteiger partial charge in [0.15, 0.2) is 18.9 Å². The molecule has 72 heavy (non-hydrogen) atoms. The zero-order chi connectivity index (χ0) is 52.7. The minimum Gasteiger partial charge on any atom is -0.394 e. The van der Waals surface area contributed by atoms with Gasteiger partial charge in [0, 0.05) is 6.42 Å². The summed E-state index contributed by atoms with van der Waals surface area (Å²) in [7, 11) is 0. The predicted octanol–water partition coefficient (Wildman–Crippen LogP) is 3.43. The van der Waals surface area contributed by atoms with E-state index in [1.807, 2.05) is 13.0 Å². The maximum Gasteiger partial charge on any atom is 0.220 e. The Balaban J connectivity index is 1.33. The molecule has 17 atom stereocenters. The number of amides is 1.